The molecule has 1 amide bonds. The maximum Gasteiger partial charge on any atom is 0.295 e. The zero-order chi connectivity index (χ0) is 22.4. The number of hydrogen-bond donors (Lipinski definition) is 2. The van der Waals surface area contributed by atoms with Crippen molar-refractivity contribution in [2.45, 2.75) is 13.0 Å². The van der Waals surface area contributed by atoms with Crippen molar-refractivity contribution in [2.24, 2.45) is 0 Å². The van der Waals surface area contributed by atoms with E-state index in [1.807, 2.05) is 19.1 Å². The lowest BCUT2D eigenvalue weighted by Gasteiger charge is -2.25. The third-order valence-electron chi connectivity index (χ3n) is 4.88. The summed E-state index contributed by atoms with van der Waals surface area (Å²) in [5.74, 6) is -1.05. The second kappa shape index (κ2) is 10.6. The van der Waals surface area contributed by atoms with Crippen LogP contribution < -0.4 is 4.74 Å². The minimum absolute atomic E-state index is 0.0265. The molecule has 1 aliphatic rings. The van der Waals surface area contributed by atoms with E-state index in [-0.39, 0.29) is 37.7 Å². The van der Waals surface area contributed by atoms with Gasteiger partial charge in [0.1, 0.15) is 11.5 Å². The van der Waals surface area contributed by atoms with Crippen molar-refractivity contribution in [1.82, 2.24) is 4.90 Å². The number of carbonyl (C=O) groups excluding carboxylic acids is 2. The Morgan fingerprint density at radius 1 is 1.06 bits per heavy atom. The van der Waals surface area contributed by atoms with Gasteiger partial charge in [0.05, 0.1) is 38.0 Å². The van der Waals surface area contributed by atoms with Gasteiger partial charge in [-0.3, -0.25) is 9.59 Å². The molecule has 0 aromatic heterocycles. The molecule has 164 valence electrons. The molecule has 1 saturated heterocycles. The van der Waals surface area contributed by atoms with Crippen LogP contribution in [0.4, 0.5) is 0 Å². The Labute approximate surface area is 189 Å². The molecular formula is C23H24BrNO6. The highest BCUT2D eigenvalue weighted by molar-refractivity contribution is 9.10. The van der Waals surface area contributed by atoms with E-state index in [9.17, 15) is 14.7 Å². The predicted molar refractivity (Wildman–Crippen MR) is 119 cm³/mol. The third-order valence-corrected chi connectivity index (χ3v) is 5.41. The van der Waals surface area contributed by atoms with Gasteiger partial charge >= 0.3 is 0 Å². The minimum atomic E-state index is -0.752. The van der Waals surface area contributed by atoms with Crippen LogP contribution in [0.15, 0.2) is 58.6 Å². The average Bonchev–Trinajstić information content (AvgIpc) is 3.02. The zero-order valence-corrected chi connectivity index (χ0v) is 18.7. The molecule has 0 spiro atoms. The SMILES string of the molecule is CCOc1ccc(/C(O)=C2\C(=O)C(=O)N(CCOCCO)[C@H]2c2ccc(Br)cc2)cc1. The van der Waals surface area contributed by atoms with Crippen LogP contribution in [0.5, 0.6) is 5.75 Å². The summed E-state index contributed by atoms with van der Waals surface area (Å²) in [6.45, 7) is 2.69. The number of benzene rings is 2. The number of aliphatic hydroxyl groups excluding tert-OH is 2. The van der Waals surface area contributed by atoms with Crippen LogP contribution in [0, 0.1) is 0 Å². The number of halogens is 1. The Bertz CT molecular complexity index is 955. The fraction of sp³-hybridized carbons (Fsp3) is 0.304. The van der Waals surface area contributed by atoms with Gasteiger partial charge in [-0.05, 0) is 48.9 Å². The molecule has 7 nitrogen and oxygen atoms in total. The van der Waals surface area contributed by atoms with Crippen LogP contribution in [0.2, 0.25) is 0 Å². The number of hydrogen-bond acceptors (Lipinski definition) is 6. The van der Waals surface area contributed by atoms with E-state index in [1.54, 1.807) is 36.4 Å². The Morgan fingerprint density at radius 3 is 2.35 bits per heavy atom. The van der Waals surface area contributed by atoms with Gasteiger partial charge < -0.3 is 24.6 Å². The fourth-order valence-corrected chi connectivity index (χ4v) is 3.73. The van der Waals surface area contributed by atoms with Gasteiger partial charge in [0, 0.05) is 16.6 Å². The summed E-state index contributed by atoms with van der Waals surface area (Å²) in [6, 6.07) is 13.2. The van der Waals surface area contributed by atoms with Crippen LogP contribution in [0.25, 0.3) is 5.76 Å². The zero-order valence-electron chi connectivity index (χ0n) is 17.1. The fourth-order valence-electron chi connectivity index (χ4n) is 3.46. The van der Waals surface area contributed by atoms with Crippen LogP contribution >= 0.6 is 15.9 Å². The molecule has 0 bridgehead atoms. The molecule has 0 saturated carbocycles. The second-order valence-electron chi connectivity index (χ2n) is 6.84. The molecule has 3 rings (SSSR count). The molecule has 1 atom stereocenters. The van der Waals surface area contributed by atoms with Gasteiger partial charge in [0.2, 0.25) is 0 Å². The number of Topliss-reactive ketones (excluding diaryl/α,β-unsaturated/α-hetero) is 1. The molecule has 31 heavy (non-hydrogen) atoms. The molecule has 0 aliphatic carbocycles. The number of carbonyl (C=O) groups is 2. The van der Waals surface area contributed by atoms with Gasteiger partial charge in [-0.2, -0.15) is 0 Å². The molecule has 2 aromatic rings. The lowest BCUT2D eigenvalue weighted by atomic mass is 9.95. The smallest absolute Gasteiger partial charge is 0.295 e. The third kappa shape index (κ3) is 5.15. The summed E-state index contributed by atoms with van der Waals surface area (Å²) < 4.78 is 11.6. The van der Waals surface area contributed by atoms with Gasteiger partial charge in [0.15, 0.2) is 0 Å². The molecule has 0 radical (unpaired) electrons. The summed E-state index contributed by atoms with van der Waals surface area (Å²) in [6.07, 6.45) is 0. The molecule has 1 fully saturated rings. The highest BCUT2D eigenvalue weighted by atomic mass is 79.9. The summed E-state index contributed by atoms with van der Waals surface area (Å²) >= 11 is 3.39. The van der Waals surface area contributed by atoms with E-state index in [2.05, 4.69) is 15.9 Å². The lowest BCUT2D eigenvalue weighted by molar-refractivity contribution is -0.140. The van der Waals surface area contributed by atoms with Crippen molar-refractivity contribution in [3.8, 4) is 5.75 Å². The Balaban J connectivity index is 2.02. The molecule has 1 heterocycles. The van der Waals surface area contributed by atoms with Crippen molar-refractivity contribution in [2.75, 3.05) is 33.0 Å². The first kappa shape index (κ1) is 23.0. The van der Waals surface area contributed by atoms with Crippen molar-refractivity contribution >= 4 is 33.4 Å². The van der Waals surface area contributed by atoms with Crippen LogP contribution in [-0.2, 0) is 14.3 Å². The highest BCUT2D eigenvalue weighted by Crippen LogP contribution is 2.39. The summed E-state index contributed by atoms with van der Waals surface area (Å²) in [5.41, 5.74) is 1.13. The van der Waals surface area contributed by atoms with E-state index in [0.29, 0.717) is 23.5 Å². The predicted octanol–water partition coefficient (Wildman–Crippen LogP) is 3.28. The van der Waals surface area contributed by atoms with Crippen LogP contribution in [-0.4, -0.2) is 59.8 Å². The first-order chi connectivity index (χ1) is 15.0. The summed E-state index contributed by atoms with van der Waals surface area (Å²) in [7, 11) is 0. The lowest BCUT2D eigenvalue weighted by Crippen LogP contribution is -2.33. The van der Waals surface area contributed by atoms with Gasteiger partial charge in [-0.25, -0.2) is 0 Å². The van der Waals surface area contributed by atoms with Crippen molar-refractivity contribution in [1.29, 1.82) is 0 Å². The molecule has 2 aromatic carbocycles. The first-order valence-corrected chi connectivity index (χ1v) is 10.7. The number of nitrogens with zero attached hydrogens (tertiary/aromatic N) is 1. The number of ether oxygens (including phenoxy) is 2. The summed E-state index contributed by atoms with van der Waals surface area (Å²) in [4.78, 5) is 27.1. The Kier molecular flexibility index (Phi) is 7.84. The summed E-state index contributed by atoms with van der Waals surface area (Å²) in [5, 5.41) is 19.9. The highest BCUT2D eigenvalue weighted by Gasteiger charge is 2.45. The molecule has 8 heteroatoms. The number of rotatable bonds is 9. The second-order valence-corrected chi connectivity index (χ2v) is 7.75. The number of aliphatic hydroxyl groups is 2. The molecule has 1 aliphatic heterocycles. The van der Waals surface area contributed by atoms with Gasteiger partial charge in [-0.1, -0.05) is 28.1 Å². The monoisotopic (exact) mass is 489 g/mol. The minimum Gasteiger partial charge on any atom is -0.507 e. The molecular weight excluding hydrogens is 466 g/mol. The van der Waals surface area contributed by atoms with E-state index < -0.39 is 17.7 Å². The van der Waals surface area contributed by atoms with Crippen molar-refractivity contribution in [3.63, 3.8) is 0 Å². The topological polar surface area (TPSA) is 96.3 Å². The number of ketones is 1. The maximum atomic E-state index is 12.9. The normalized spacial score (nSPS) is 17.9. The van der Waals surface area contributed by atoms with E-state index >= 15 is 0 Å². The number of likely N-dealkylation sites (tertiary alicyclic amines) is 1. The first-order valence-electron chi connectivity index (χ1n) is 9.93. The average molecular weight is 490 g/mol. The molecule has 2 N–H and O–H groups in total. The molecule has 0 unspecified atom stereocenters. The standard InChI is InChI=1S/C23H24BrNO6/c1-2-31-18-9-5-16(6-10-18)21(27)19-20(15-3-7-17(24)8-4-15)25(23(29)22(19)28)11-13-30-14-12-26/h3-10,20,26-27H,2,11-14H2,1H3/b21-19+/t20-/m0/s1. The van der Waals surface area contributed by atoms with E-state index in [1.165, 1.54) is 4.90 Å². The number of amides is 1. The van der Waals surface area contributed by atoms with Gasteiger partial charge in [-0.15, -0.1) is 0 Å². The van der Waals surface area contributed by atoms with E-state index in [0.717, 1.165) is 4.47 Å². The quantitative estimate of drug-likeness (QED) is 0.243. The van der Waals surface area contributed by atoms with E-state index in [4.69, 9.17) is 14.6 Å². The Morgan fingerprint density at radius 2 is 1.74 bits per heavy atom. The largest absolute Gasteiger partial charge is 0.507 e. The Hall–Kier alpha value is -2.68. The van der Waals surface area contributed by atoms with Crippen molar-refractivity contribution < 1.29 is 29.3 Å². The van der Waals surface area contributed by atoms with Gasteiger partial charge in [0.25, 0.3) is 11.7 Å². The van der Waals surface area contributed by atoms with Crippen molar-refractivity contribution in [3.05, 3.63) is 69.7 Å². The van der Waals surface area contributed by atoms with Crippen LogP contribution in [0.1, 0.15) is 24.1 Å². The van der Waals surface area contributed by atoms with Crippen LogP contribution in [0.3, 0.4) is 0 Å². The maximum absolute atomic E-state index is 12.9.